The molecule has 1 saturated heterocycles. The monoisotopic (exact) mass is 271 g/mol. The Morgan fingerprint density at radius 1 is 1.50 bits per heavy atom. The molecule has 2 atom stereocenters. The molecule has 0 amide bonds. The van der Waals surface area contributed by atoms with Crippen LogP contribution in [0.25, 0.3) is 0 Å². The van der Waals surface area contributed by atoms with Gasteiger partial charge in [-0.05, 0) is 37.5 Å². The van der Waals surface area contributed by atoms with Crippen molar-refractivity contribution in [2.45, 2.75) is 44.8 Å². The van der Waals surface area contributed by atoms with E-state index in [2.05, 4.69) is 12.2 Å². The standard InChI is InChI=1S/C14H19ClFNO/c1-2-3-12-9-11(6-7-18-12)17-14-5-4-10(15)8-13(14)16/h4-5,8,11-12,17H,2-3,6-7,9H2,1H3. The molecule has 2 nitrogen and oxygen atoms in total. The third-order valence-corrected chi connectivity index (χ3v) is 3.50. The first-order valence-corrected chi connectivity index (χ1v) is 6.90. The quantitative estimate of drug-likeness (QED) is 0.884. The summed E-state index contributed by atoms with van der Waals surface area (Å²) in [5.74, 6) is -0.291. The van der Waals surface area contributed by atoms with E-state index < -0.39 is 0 Å². The Labute approximate surface area is 112 Å². The number of nitrogens with one attached hydrogen (secondary N) is 1. The molecule has 1 N–H and O–H groups in total. The van der Waals surface area contributed by atoms with Gasteiger partial charge in [-0.3, -0.25) is 0 Å². The third kappa shape index (κ3) is 3.59. The van der Waals surface area contributed by atoms with Gasteiger partial charge in [-0.2, -0.15) is 0 Å². The minimum Gasteiger partial charge on any atom is -0.380 e. The van der Waals surface area contributed by atoms with Crippen molar-refractivity contribution in [3.63, 3.8) is 0 Å². The predicted molar refractivity (Wildman–Crippen MR) is 72.7 cm³/mol. The fourth-order valence-corrected chi connectivity index (χ4v) is 2.52. The van der Waals surface area contributed by atoms with E-state index >= 15 is 0 Å². The lowest BCUT2D eigenvalue weighted by molar-refractivity contribution is 0.00593. The maximum atomic E-state index is 13.7. The van der Waals surface area contributed by atoms with E-state index in [0.717, 1.165) is 32.3 Å². The van der Waals surface area contributed by atoms with E-state index in [-0.39, 0.29) is 11.9 Å². The summed E-state index contributed by atoms with van der Waals surface area (Å²) in [6, 6.07) is 5.02. The lowest BCUT2D eigenvalue weighted by Crippen LogP contribution is -2.34. The molecule has 0 aliphatic carbocycles. The topological polar surface area (TPSA) is 21.3 Å². The molecule has 2 unspecified atom stereocenters. The van der Waals surface area contributed by atoms with Crippen LogP contribution in [-0.2, 0) is 4.74 Å². The number of halogens is 2. The molecular weight excluding hydrogens is 253 g/mol. The van der Waals surface area contributed by atoms with Crippen molar-refractivity contribution in [2.75, 3.05) is 11.9 Å². The van der Waals surface area contributed by atoms with Crippen molar-refractivity contribution in [3.8, 4) is 0 Å². The van der Waals surface area contributed by atoms with Gasteiger partial charge in [0.15, 0.2) is 0 Å². The second-order valence-corrected chi connectivity index (χ2v) is 5.21. The van der Waals surface area contributed by atoms with Crippen LogP contribution in [0.2, 0.25) is 5.02 Å². The Kier molecular flexibility index (Phi) is 4.84. The molecule has 0 bridgehead atoms. The van der Waals surface area contributed by atoms with Crippen molar-refractivity contribution in [1.82, 2.24) is 0 Å². The molecule has 2 rings (SSSR count). The Morgan fingerprint density at radius 3 is 3.06 bits per heavy atom. The predicted octanol–water partition coefficient (Wildman–Crippen LogP) is 4.24. The van der Waals surface area contributed by atoms with E-state index in [9.17, 15) is 4.39 Å². The number of hydrogen-bond acceptors (Lipinski definition) is 2. The summed E-state index contributed by atoms with van der Waals surface area (Å²) in [7, 11) is 0. The van der Waals surface area contributed by atoms with Gasteiger partial charge in [-0.1, -0.05) is 24.9 Å². The van der Waals surface area contributed by atoms with Gasteiger partial charge in [-0.25, -0.2) is 4.39 Å². The van der Waals surface area contributed by atoms with Crippen LogP contribution in [-0.4, -0.2) is 18.8 Å². The highest BCUT2D eigenvalue weighted by atomic mass is 35.5. The second kappa shape index (κ2) is 6.39. The smallest absolute Gasteiger partial charge is 0.147 e. The van der Waals surface area contributed by atoms with E-state index in [1.165, 1.54) is 6.07 Å². The molecule has 1 fully saturated rings. The fourth-order valence-electron chi connectivity index (χ4n) is 2.36. The van der Waals surface area contributed by atoms with Gasteiger partial charge >= 0.3 is 0 Å². The summed E-state index contributed by atoms with van der Waals surface area (Å²) in [5.41, 5.74) is 0.529. The summed E-state index contributed by atoms with van der Waals surface area (Å²) in [6.45, 7) is 2.90. The number of hydrogen-bond donors (Lipinski definition) is 1. The van der Waals surface area contributed by atoms with Crippen LogP contribution in [0, 0.1) is 5.82 Å². The highest BCUT2D eigenvalue weighted by Gasteiger charge is 2.22. The fraction of sp³-hybridized carbons (Fsp3) is 0.571. The van der Waals surface area contributed by atoms with Crippen molar-refractivity contribution in [2.24, 2.45) is 0 Å². The van der Waals surface area contributed by atoms with Gasteiger partial charge in [0.25, 0.3) is 0 Å². The van der Waals surface area contributed by atoms with Gasteiger partial charge in [0, 0.05) is 17.7 Å². The lowest BCUT2D eigenvalue weighted by Gasteiger charge is -2.30. The molecule has 1 aromatic carbocycles. The molecule has 0 saturated carbocycles. The maximum absolute atomic E-state index is 13.7. The number of benzene rings is 1. The van der Waals surface area contributed by atoms with Crippen LogP contribution in [0.1, 0.15) is 32.6 Å². The first kappa shape index (κ1) is 13.6. The van der Waals surface area contributed by atoms with Crippen LogP contribution >= 0.6 is 11.6 Å². The van der Waals surface area contributed by atoms with Crippen molar-refractivity contribution in [1.29, 1.82) is 0 Å². The van der Waals surface area contributed by atoms with Crippen molar-refractivity contribution in [3.05, 3.63) is 29.0 Å². The van der Waals surface area contributed by atoms with Crippen LogP contribution in [0.4, 0.5) is 10.1 Å². The normalized spacial score (nSPS) is 23.9. The Hall–Kier alpha value is -0.800. The van der Waals surface area contributed by atoms with Crippen LogP contribution in [0.15, 0.2) is 18.2 Å². The third-order valence-electron chi connectivity index (χ3n) is 3.27. The van der Waals surface area contributed by atoms with Gasteiger partial charge in [0.2, 0.25) is 0 Å². The molecule has 4 heteroatoms. The first-order chi connectivity index (χ1) is 8.69. The summed E-state index contributed by atoms with van der Waals surface area (Å²) >= 11 is 5.74. The molecule has 100 valence electrons. The number of ether oxygens (including phenoxy) is 1. The van der Waals surface area contributed by atoms with Crippen LogP contribution in [0.5, 0.6) is 0 Å². The molecule has 0 spiro atoms. The highest BCUT2D eigenvalue weighted by molar-refractivity contribution is 6.30. The average Bonchev–Trinajstić information content (AvgIpc) is 2.34. The molecule has 1 aliphatic rings. The summed E-state index contributed by atoms with van der Waals surface area (Å²) < 4.78 is 19.4. The van der Waals surface area contributed by atoms with Gasteiger partial charge in [0.1, 0.15) is 5.82 Å². The number of rotatable bonds is 4. The zero-order valence-electron chi connectivity index (χ0n) is 10.6. The van der Waals surface area contributed by atoms with Crippen molar-refractivity contribution >= 4 is 17.3 Å². The first-order valence-electron chi connectivity index (χ1n) is 6.52. The van der Waals surface area contributed by atoms with Crippen molar-refractivity contribution < 1.29 is 9.13 Å². The van der Waals surface area contributed by atoms with E-state index in [1.54, 1.807) is 12.1 Å². The number of anilines is 1. The van der Waals surface area contributed by atoms with Crippen LogP contribution < -0.4 is 5.32 Å². The molecule has 0 aromatic heterocycles. The van der Waals surface area contributed by atoms with E-state index in [0.29, 0.717) is 16.8 Å². The molecule has 1 heterocycles. The second-order valence-electron chi connectivity index (χ2n) is 4.77. The Balaban J connectivity index is 1.96. The SMILES string of the molecule is CCCC1CC(Nc2ccc(Cl)cc2F)CCO1. The minimum absolute atomic E-state index is 0.283. The summed E-state index contributed by atoms with van der Waals surface area (Å²) in [6.07, 6.45) is 4.35. The average molecular weight is 272 g/mol. The van der Waals surface area contributed by atoms with Gasteiger partial charge in [-0.15, -0.1) is 0 Å². The van der Waals surface area contributed by atoms with Crippen LogP contribution in [0.3, 0.4) is 0 Å². The molecule has 1 aliphatic heterocycles. The summed E-state index contributed by atoms with van der Waals surface area (Å²) in [5, 5.41) is 3.68. The lowest BCUT2D eigenvalue weighted by atomic mass is 10.00. The van der Waals surface area contributed by atoms with E-state index in [4.69, 9.17) is 16.3 Å². The molecule has 18 heavy (non-hydrogen) atoms. The Morgan fingerprint density at radius 2 is 2.33 bits per heavy atom. The molecule has 0 radical (unpaired) electrons. The van der Waals surface area contributed by atoms with Gasteiger partial charge in [0.05, 0.1) is 11.8 Å². The van der Waals surface area contributed by atoms with E-state index in [1.807, 2.05) is 0 Å². The molecule has 1 aromatic rings. The van der Waals surface area contributed by atoms with Gasteiger partial charge < -0.3 is 10.1 Å². The Bertz CT molecular complexity index is 397. The zero-order chi connectivity index (χ0) is 13.0. The summed E-state index contributed by atoms with van der Waals surface area (Å²) in [4.78, 5) is 0. The highest BCUT2D eigenvalue weighted by Crippen LogP contribution is 2.24. The minimum atomic E-state index is -0.291. The molecular formula is C14H19ClFNO. The largest absolute Gasteiger partial charge is 0.380 e. The maximum Gasteiger partial charge on any atom is 0.147 e. The zero-order valence-corrected chi connectivity index (χ0v) is 11.3.